The van der Waals surface area contributed by atoms with E-state index in [1.165, 1.54) is 32.7 Å². The Hall–Kier alpha value is -4.00. The highest BCUT2D eigenvalue weighted by Crippen LogP contribution is 2.10. The van der Waals surface area contributed by atoms with Gasteiger partial charge in [-0.25, -0.2) is 15.0 Å². The summed E-state index contributed by atoms with van der Waals surface area (Å²) in [6, 6.07) is 7.41. The van der Waals surface area contributed by atoms with Crippen LogP contribution in [0, 0.1) is 17.4 Å². The molecule has 2 unspecified atom stereocenters. The number of likely N-dealkylation sites (N-methyl/N-ethyl adjacent to an activating group) is 1. The van der Waals surface area contributed by atoms with Crippen molar-refractivity contribution < 1.29 is 14.4 Å². The van der Waals surface area contributed by atoms with Crippen LogP contribution in [0.3, 0.4) is 0 Å². The molecule has 2 rings (SSSR count). The van der Waals surface area contributed by atoms with E-state index in [1.54, 1.807) is 0 Å². The number of carbonyl (C=O) groups is 3. The second-order valence-corrected chi connectivity index (χ2v) is 7.98. The summed E-state index contributed by atoms with van der Waals surface area (Å²) in [6.07, 6.45) is 6.59. The summed E-state index contributed by atoms with van der Waals surface area (Å²) in [7, 11) is 2.91. The Balaban J connectivity index is 2.25. The van der Waals surface area contributed by atoms with Crippen LogP contribution in [0.2, 0.25) is 0 Å². The molecule has 33 heavy (non-hydrogen) atoms. The van der Waals surface area contributed by atoms with Crippen LogP contribution in [0.15, 0.2) is 48.9 Å². The van der Waals surface area contributed by atoms with Crippen molar-refractivity contribution in [2.24, 2.45) is 5.92 Å². The quantitative estimate of drug-likeness (QED) is 0.314. The topological polar surface area (TPSA) is 131 Å². The molecule has 0 aliphatic heterocycles. The standard InChI is InChI=1S/C23H29N7O3/c1-16(2)12-19(23(33)30(4)29(3)15-24)28-21(31)18(13-17-8-6-5-7-9-17)27-22(32)20-14-25-10-11-26-20/h5-11,14,16,18-19H,12-13H2,1-4H3,(H,27,32)(H,28,31). The average Bonchev–Trinajstić information content (AvgIpc) is 2.82. The molecule has 3 amide bonds. The number of nitrogens with one attached hydrogen (secondary N) is 2. The van der Waals surface area contributed by atoms with Crippen LogP contribution in [0.5, 0.6) is 0 Å². The Morgan fingerprint density at radius 3 is 2.33 bits per heavy atom. The fourth-order valence-corrected chi connectivity index (χ4v) is 3.11. The number of carbonyl (C=O) groups excluding carboxylic acids is 3. The molecule has 1 aromatic heterocycles. The van der Waals surface area contributed by atoms with Gasteiger partial charge >= 0.3 is 0 Å². The molecular weight excluding hydrogens is 422 g/mol. The molecule has 10 nitrogen and oxygen atoms in total. The van der Waals surface area contributed by atoms with E-state index in [0.29, 0.717) is 6.42 Å². The van der Waals surface area contributed by atoms with Crippen molar-refractivity contribution in [1.29, 1.82) is 5.26 Å². The summed E-state index contributed by atoms with van der Waals surface area (Å²) in [6.45, 7) is 3.86. The van der Waals surface area contributed by atoms with Gasteiger partial charge in [-0.05, 0) is 17.9 Å². The molecule has 0 aliphatic rings. The lowest BCUT2D eigenvalue weighted by Gasteiger charge is -2.30. The third-order valence-electron chi connectivity index (χ3n) is 4.94. The number of amides is 3. The second-order valence-electron chi connectivity index (χ2n) is 7.98. The number of hydrazine groups is 1. The second kappa shape index (κ2) is 12.1. The van der Waals surface area contributed by atoms with Gasteiger partial charge < -0.3 is 10.6 Å². The minimum absolute atomic E-state index is 0.0774. The number of aromatic nitrogens is 2. The van der Waals surface area contributed by atoms with Crippen LogP contribution < -0.4 is 10.6 Å². The molecule has 2 aromatic rings. The van der Waals surface area contributed by atoms with Crippen LogP contribution in [-0.2, 0) is 16.0 Å². The summed E-state index contributed by atoms with van der Waals surface area (Å²) < 4.78 is 0. The maximum Gasteiger partial charge on any atom is 0.272 e. The number of rotatable bonds is 10. The third kappa shape index (κ3) is 7.57. The van der Waals surface area contributed by atoms with Crippen molar-refractivity contribution >= 4 is 17.7 Å². The molecule has 2 atom stereocenters. The highest BCUT2D eigenvalue weighted by atomic mass is 16.2. The zero-order chi connectivity index (χ0) is 24.4. The van der Waals surface area contributed by atoms with Crippen molar-refractivity contribution in [2.75, 3.05) is 14.1 Å². The van der Waals surface area contributed by atoms with E-state index >= 15 is 0 Å². The zero-order valence-electron chi connectivity index (χ0n) is 19.2. The minimum Gasteiger partial charge on any atom is -0.342 e. The van der Waals surface area contributed by atoms with E-state index in [9.17, 15) is 14.4 Å². The summed E-state index contributed by atoms with van der Waals surface area (Å²) in [4.78, 5) is 46.7. The lowest BCUT2D eigenvalue weighted by Crippen LogP contribution is -2.56. The Morgan fingerprint density at radius 1 is 1.06 bits per heavy atom. The Bertz CT molecular complexity index is 977. The van der Waals surface area contributed by atoms with Crippen LogP contribution in [0.4, 0.5) is 0 Å². The molecule has 0 bridgehead atoms. The first kappa shape index (κ1) is 25.3. The van der Waals surface area contributed by atoms with Crippen molar-refractivity contribution in [1.82, 2.24) is 30.6 Å². The predicted molar refractivity (Wildman–Crippen MR) is 121 cm³/mol. The van der Waals surface area contributed by atoms with Crippen molar-refractivity contribution in [3.8, 4) is 6.19 Å². The van der Waals surface area contributed by atoms with Crippen LogP contribution in [0.1, 0.15) is 36.3 Å². The summed E-state index contributed by atoms with van der Waals surface area (Å²) >= 11 is 0. The van der Waals surface area contributed by atoms with Gasteiger partial charge in [-0.1, -0.05) is 44.2 Å². The van der Waals surface area contributed by atoms with E-state index in [1.807, 2.05) is 50.4 Å². The number of nitriles is 1. The molecule has 2 N–H and O–H groups in total. The fourth-order valence-electron chi connectivity index (χ4n) is 3.11. The zero-order valence-corrected chi connectivity index (χ0v) is 19.2. The van der Waals surface area contributed by atoms with E-state index in [4.69, 9.17) is 5.26 Å². The molecule has 0 spiro atoms. The summed E-state index contributed by atoms with van der Waals surface area (Å²) in [5.74, 6) is -1.39. The maximum atomic E-state index is 13.3. The first-order chi connectivity index (χ1) is 15.7. The number of hydrogen-bond donors (Lipinski definition) is 2. The molecule has 0 saturated heterocycles. The van der Waals surface area contributed by atoms with Gasteiger partial charge in [-0.15, -0.1) is 0 Å². The van der Waals surface area contributed by atoms with Gasteiger partial charge in [-0.3, -0.25) is 19.4 Å². The Morgan fingerprint density at radius 2 is 1.76 bits per heavy atom. The molecular formula is C23H29N7O3. The molecule has 1 aromatic carbocycles. The van der Waals surface area contributed by atoms with Gasteiger partial charge in [0.1, 0.15) is 17.8 Å². The van der Waals surface area contributed by atoms with E-state index in [2.05, 4.69) is 20.6 Å². The van der Waals surface area contributed by atoms with Crippen molar-refractivity contribution in [3.63, 3.8) is 0 Å². The van der Waals surface area contributed by atoms with Crippen molar-refractivity contribution in [3.05, 3.63) is 60.2 Å². The van der Waals surface area contributed by atoms with E-state index in [-0.39, 0.29) is 18.0 Å². The fraction of sp³-hybridized carbons (Fsp3) is 0.391. The van der Waals surface area contributed by atoms with Crippen LogP contribution >= 0.6 is 0 Å². The van der Waals surface area contributed by atoms with Gasteiger partial charge in [0.15, 0.2) is 6.19 Å². The van der Waals surface area contributed by atoms with Gasteiger partial charge in [0.05, 0.1) is 6.20 Å². The van der Waals surface area contributed by atoms with Gasteiger partial charge in [-0.2, -0.15) is 5.26 Å². The first-order valence-electron chi connectivity index (χ1n) is 10.5. The van der Waals surface area contributed by atoms with E-state index < -0.39 is 29.8 Å². The highest BCUT2D eigenvalue weighted by molar-refractivity contribution is 5.97. The molecule has 1 heterocycles. The van der Waals surface area contributed by atoms with E-state index in [0.717, 1.165) is 15.6 Å². The highest BCUT2D eigenvalue weighted by Gasteiger charge is 2.30. The van der Waals surface area contributed by atoms with Gasteiger partial charge in [0.2, 0.25) is 5.91 Å². The van der Waals surface area contributed by atoms with Gasteiger partial charge in [0, 0.05) is 32.9 Å². The molecule has 0 saturated carbocycles. The molecule has 0 radical (unpaired) electrons. The monoisotopic (exact) mass is 451 g/mol. The summed E-state index contributed by atoms with van der Waals surface area (Å²) in [5.41, 5.74) is 0.915. The first-order valence-corrected chi connectivity index (χ1v) is 10.5. The molecule has 0 aliphatic carbocycles. The largest absolute Gasteiger partial charge is 0.342 e. The smallest absolute Gasteiger partial charge is 0.272 e. The molecule has 174 valence electrons. The third-order valence-corrected chi connectivity index (χ3v) is 4.94. The maximum absolute atomic E-state index is 13.3. The predicted octanol–water partition coefficient (Wildman–Crippen LogP) is 1.13. The normalized spacial score (nSPS) is 12.2. The molecule has 10 heteroatoms. The minimum atomic E-state index is -0.955. The SMILES string of the molecule is CC(C)CC(NC(=O)C(Cc1ccccc1)NC(=O)c1cnccn1)C(=O)N(C)N(C)C#N. The number of benzene rings is 1. The Kier molecular flexibility index (Phi) is 9.30. The van der Waals surface area contributed by atoms with Crippen molar-refractivity contribution in [2.45, 2.75) is 38.8 Å². The number of hydrogen-bond acceptors (Lipinski definition) is 7. The lowest BCUT2D eigenvalue weighted by atomic mass is 10.0. The average molecular weight is 452 g/mol. The van der Waals surface area contributed by atoms with Crippen LogP contribution in [-0.4, -0.2) is 63.9 Å². The molecule has 0 fully saturated rings. The Labute approximate surface area is 193 Å². The number of nitrogens with zero attached hydrogens (tertiary/aromatic N) is 5. The van der Waals surface area contributed by atoms with Crippen LogP contribution in [0.25, 0.3) is 0 Å². The van der Waals surface area contributed by atoms with Gasteiger partial charge in [0.25, 0.3) is 11.8 Å². The lowest BCUT2D eigenvalue weighted by molar-refractivity contribution is -0.144. The summed E-state index contributed by atoms with van der Waals surface area (Å²) in [5, 5.41) is 16.8.